The highest BCUT2D eigenvalue weighted by atomic mass is 32.2. The number of benzene rings is 1. The van der Waals surface area contributed by atoms with Crippen LogP contribution in [0.1, 0.15) is 20.3 Å². The van der Waals surface area contributed by atoms with Gasteiger partial charge in [-0.15, -0.1) is 0 Å². The Morgan fingerprint density at radius 1 is 1.30 bits per heavy atom. The van der Waals surface area contributed by atoms with E-state index in [2.05, 4.69) is 0 Å². The second-order valence-corrected chi connectivity index (χ2v) is 7.84. The molecule has 0 saturated carbocycles. The van der Waals surface area contributed by atoms with Crippen molar-refractivity contribution < 1.29 is 13.2 Å². The highest BCUT2D eigenvalue weighted by Gasteiger charge is 2.38. The molecule has 1 aromatic carbocycles. The number of piperidine rings is 1. The van der Waals surface area contributed by atoms with Crippen molar-refractivity contribution in [3.63, 3.8) is 0 Å². The van der Waals surface area contributed by atoms with Gasteiger partial charge in [-0.3, -0.25) is 0 Å². The molecule has 112 valence electrons. The Morgan fingerprint density at radius 3 is 2.40 bits per heavy atom. The number of hydrogen-bond acceptors (Lipinski definition) is 4. The summed E-state index contributed by atoms with van der Waals surface area (Å²) >= 11 is 0. The third-order valence-electron chi connectivity index (χ3n) is 3.97. The molecule has 6 heteroatoms. The van der Waals surface area contributed by atoms with Crippen molar-refractivity contribution in [2.45, 2.75) is 31.2 Å². The van der Waals surface area contributed by atoms with Crippen LogP contribution in [0.3, 0.4) is 0 Å². The minimum atomic E-state index is -3.46. The molecule has 20 heavy (non-hydrogen) atoms. The molecule has 1 heterocycles. The monoisotopic (exact) mass is 298 g/mol. The molecule has 1 atom stereocenters. The predicted molar refractivity (Wildman–Crippen MR) is 78.1 cm³/mol. The first-order valence-electron chi connectivity index (χ1n) is 6.67. The zero-order chi connectivity index (χ0) is 15.0. The van der Waals surface area contributed by atoms with Crippen LogP contribution in [-0.2, 0) is 10.0 Å². The van der Waals surface area contributed by atoms with Crippen LogP contribution in [0.4, 0.5) is 0 Å². The molecule has 1 aliphatic rings. The van der Waals surface area contributed by atoms with E-state index < -0.39 is 10.0 Å². The molecule has 0 spiro atoms. The summed E-state index contributed by atoms with van der Waals surface area (Å²) in [5, 5.41) is 0. The predicted octanol–water partition coefficient (Wildman–Crippen LogP) is 1.44. The van der Waals surface area contributed by atoms with Gasteiger partial charge in [0, 0.05) is 19.1 Å². The minimum absolute atomic E-state index is 0.0322. The molecule has 0 amide bonds. The summed E-state index contributed by atoms with van der Waals surface area (Å²) in [5.41, 5.74) is 5.85. The fourth-order valence-electron chi connectivity index (χ4n) is 2.43. The van der Waals surface area contributed by atoms with Gasteiger partial charge in [-0.25, -0.2) is 8.42 Å². The van der Waals surface area contributed by atoms with Gasteiger partial charge in [0.15, 0.2) is 0 Å². The molecular formula is C14H22N2O3S. The van der Waals surface area contributed by atoms with Crippen LogP contribution < -0.4 is 10.5 Å². The van der Waals surface area contributed by atoms with E-state index in [0.29, 0.717) is 30.2 Å². The van der Waals surface area contributed by atoms with Crippen LogP contribution in [-0.4, -0.2) is 39.0 Å². The van der Waals surface area contributed by atoms with E-state index in [4.69, 9.17) is 10.5 Å². The Kier molecular flexibility index (Phi) is 4.09. The summed E-state index contributed by atoms with van der Waals surface area (Å²) in [6.07, 6.45) is 0.683. The standard InChI is InChI=1S/C14H22N2O3S/c1-14(2)10-16(9-8-13(14)15)20(17,18)12-6-4-11(19-3)5-7-12/h4-7,13H,8-10,15H2,1-3H3. The van der Waals surface area contributed by atoms with E-state index in [0.717, 1.165) is 0 Å². The first kappa shape index (κ1) is 15.3. The number of nitrogens with zero attached hydrogens (tertiary/aromatic N) is 1. The molecule has 5 nitrogen and oxygen atoms in total. The summed E-state index contributed by atoms with van der Waals surface area (Å²) in [6, 6.07) is 6.51. The van der Waals surface area contributed by atoms with Crippen LogP contribution in [0.25, 0.3) is 0 Å². The van der Waals surface area contributed by atoms with Gasteiger partial charge in [0.25, 0.3) is 0 Å². The van der Waals surface area contributed by atoms with Gasteiger partial charge in [-0.2, -0.15) is 4.31 Å². The smallest absolute Gasteiger partial charge is 0.243 e. The first-order chi connectivity index (χ1) is 9.27. The van der Waals surface area contributed by atoms with Crippen molar-refractivity contribution in [3.05, 3.63) is 24.3 Å². The Bertz CT molecular complexity index is 567. The van der Waals surface area contributed by atoms with Gasteiger partial charge in [0.05, 0.1) is 12.0 Å². The first-order valence-corrected chi connectivity index (χ1v) is 8.11. The summed E-state index contributed by atoms with van der Waals surface area (Å²) in [6.45, 7) is 4.93. The Hall–Kier alpha value is -1.11. The van der Waals surface area contributed by atoms with Crippen molar-refractivity contribution in [1.29, 1.82) is 0 Å². The second-order valence-electron chi connectivity index (χ2n) is 5.90. The van der Waals surface area contributed by atoms with Crippen LogP contribution in [0, 0.1) is 5.41 Å². The number of sulfonamides is 1. The van der Waals surface area contributed by atoms with Crippen molar-refractivity contribution in [2.24, 2.45) is 11.1 Å². The van der Waals surface area contributed by atoms with Crippen molar-refractivity contribution in [1.82, 2.24) is 4.31 Å². The number of hydrogen-bond donors (Lipinski definition) is 1. The molecule has 2 N–H and O–H groups in total. The number of rotatable bonds is 3. The number of ether oxygens (including phenoxy) is 1. The Balaban J connectivity index is 2.26. The Morgan fingerprint density at radius 2 is 1.90 bits per heavy atom. The molecule has 1 aliphatic heterocycles. The molecule has 0 radical (unpaired) electrons. The lowest BCUT2D eigenvalue weighted by Crippen LogP contribution is -2.53. The molecule has 0 bridgehead atoms. The van der Waals surface area contributed by atoms with Crippen LogP contribution in [0.5, 0.6) is 5.75 Å². The SMILES string of the molecule is COc1ccc(S(=O)(=O)N2CCC(N)C(C)(C)C2)cc1. The summed E-state index contributed by atoms with van der Waals surface area (Å²) < 4.78 is 31.8. The third kappa shape index (κ3) is 2.82. The lowest BCUT2D eigenvalue weighted by atomic mass is 9.81. The molecule has 0 aliphatic carbocycles. The lowest BCUT2D eigenvalue weighted by molar-refractivity contribution is 0.155. The largest absolute Gasteiger partial charge is 0.497 e. The van der Waals surface area contributed by atoms with Crippen molar-refractivity contribution >= 4 is 10.0 Å². The molecule has 1 fully saturated rings. The molecule has 1 unspecified atom stereocenters. The topological polar surface area (TPSA) is 72.6 Å². The van der Waals surface area contributed by atoms with Crippen LogP contribution in [0.2, 0.25) is 0 Å². The zero-order valence-electron chi connectivity index (χ0n) is 12.2. The number of nitrogens with two attached hydrogens (primary N) is 1. The van der Waals surface area contributed by atoms with E-state index >= 15 is 0 Å². The average molecular weight is 298 g/mol. The molecule has 1 saturated heterocycles. The maximum Gasteiger partial charge on any atom is 0.243 e. The van der Waals surface area contributed by atoms with Crippen molar-refractivity contribution in [3.8, 4) is 5.75 Å². The molecule has 0 aromatic heterocycles. The quantitative estimate of drug-likeness (QED) is 0.916. The van der Waals surface area contributed by atoms with Gasteiger partial charge in [-0.05, 0) is 36.1 Å². The second kappa shape index (κ2) is 5.35. The van der Waals surface area contributed by atoms with E-state index in [1.54, 1.807) is 31.4 Å². The molecular weight excluding hydrogens is 276 g/mol. The molecule has 1 aromatic rings. The van der Waals surface area contributed by atoms with E-state index in [-0.39, 0.29) is 11.5 Å². The highest BCUT2D eigenvalue weighted by molar-refractivity contribution is 7.89. The van der Waals surface area contributed by atoms with Gasteiger partial charge < -0.3 is 10.5 Å². The maximum absolute atomic E-state index is 12.6. The van der Waals surface area contributed by atoms with Gasteiger partial charge in [0.1, 0.15) is 5.75 Å². The summed E-state index contributed by atoms with van der Waals surface area (Å²) in [5.74, 6) is 0.643. The Labute approximate surface area is 120 Å². The van der Waals surface area contributed by atoms with Crippen LogP contribution in [0.15, 0.2) is 29.2 Å². The zero-order valence-corrected chi connectivity index (χ0v) is 13.0. The van der Waals surface area contributed by atoms with Gasteiger partial charge in [-0.1, -0.05) is 13.8 Å². The highest BCUT2D eigenvalue weighted by Crippen LogP contribution is 2.31. The van der Waals surface area contributed by atoms with E-state index in [1.807, 2.05) is 13.8 Å². The minimum Gasteiger partial charge on any atom is -0.497 e. The normalized spacial score (nSPS) is 23.5. The van der Waals surface area contributed by atoms with E-state index in [1.165, 1.54) is 4.31 Å². The van der Waals surface area contributed by atoms with E-state index in [9.17, 15) is 8.42 Å². The van der Waals surface area contributed by atoms with Gasteiger partial charge in [0.2, 0.25) is 10.0 Å². The maximum atomic E-state index is 12.6. The fourth-order valence-corrected chi connectivity index (χ4v) is 4.05. The number of methoxy groups -OCH3 is 1. The lowest BCUT2D eigenvalue weighted by Gasteiger charge is -2.41. The third-order valence-corrected chi connectivity index (χ3v) is 5.83. The van der Waals surface area contributed by atoms with Crippen LogP contribution >= 0.6 is 0 Å². The summed E-state index contributed by atoms with van der Waals surface area (Å²) in [4.78, 5) is 0.296. The molecule has 2 rings (SSSR count). The average Bonchev–Trinajstić information content (AvgIpc) is 2.41. The van der Waals surface area contributed by atoms with Crippen molar-refractivity contribution in [2.75, 3.05) is 20.2 Å². The van der Waals surface area contributed by atoms with Gasteiger partial charge >= 0.3 is 0 Å². The fraction of sp³-hybridized carbons (Fsp3) is 0.571. The summed E-state index contributed by atoms with van der Waals surface area (Å²) in [7, 11) is -1.91.